The number of carbonyl (C=O) groups is 1. The van der Waals surface area contributed by atoms with Gasteiger partial charge in [-0.3, -0.25) is 9.69 Å². The Morgan fingerprint density at radius 3 is 2.46 bits per heavy atom. The van der Waals surface area contributed by atoms with Crippen LogP contribution < -0.4 is 15.0 Å². The van der Waals surface area contributed by atoms with Gasteiger partial charge in [0.05, 0.1) is 12.8 Å². The molecule has 1 fully saturated rings. The third kappa shape index (κ3) is 5.40. The zero-order chi connectivity index (χ0) is 19.9. The first kappa shape index (κ1) is 20.5. The normalized spacial score (nSPS) is 15.9. The van der Waals surface area contributed by atoms with Crippen molar-refractivity contribution in [2.75, 3.05) is 51.3 Å². The van der Waals surface area contributed by atoms with E-state index < -0.39 is 0 Å². The quantitative estimate of drug-likeness (QED) is 0.770. The Morgan fingerprint density at radius 1 is 1.11 bits per heavy atom. The molecule has 1 heterocycles. The van der Waals surface area contributed by atoms with Gasteiger partial charge >= 0.3 is 0 Å². The van der Waals surface area contributed by atoms with Gasteiger partial charge in [0.1, 0.15) is 5.75 Å². The number of hydrogen-bond acceptors (Lipinski definition) is 4. The number of methoxy groups -OCH3 is 1. The third-order valence-electron chi connectivity index (χ3n) is 5.09. The molecule has 1 amide bonds. The molecule has 0 saturated carbocycles. The largest absolute Gasteiger partial charge is 0.495 e. The van der Waals surface area contributed by atoms with Crippen LogP contribution in [0, 0.1) is 5.92 Å². The van der Waals surface area contributed by atoms with Crippen LogP contribution in [0.1, 0.15) is 17.3 Å². The number of benzene rings is 2. The van der Waals surface area contributed by atoms with E-state index in [1.165, 1.54) is 0 Å². The minimum atomic E-state index is -0.0514. The minimum absolute atomic E-state index is 0.0514. The summed E-state index contributed by atoms with van der Waals surface area (Å²) in [6, 6.07) is 15.1. The van der Waals surface area contributed by atoms with Crippen molar-refractivity contribution in [3.05, 3.63) is 59.1 Å². The molecule has 2 aromatic rings. The van der Waals surface area contributed by atoms with Crippen LogP contribution in [0.25, 0.3) is 0 Å². The van der Waals surface area contributed by atoms with Crippen LogP contribution in [0.5, 0.6) is 5.75 Å². The highest BCUT2D eigenvalue weighted by Crippen LogP contribution is 2.28. The highest BCUT2D eigenvalue weighted by atomic mass is 35.5. The molecule has 28 heavy (non-hydrogen) atoms. The molecule has 2 aromatic carbocycles. The molecule has 1 aliphatic heterocycles. The van der Waals surface area contributed by atoms with Crippen molar-refractivity contribution in [2.24, 2.45) is 5.92 Å². The lowest BCUT2D eigenvalue weighted by molar-refractivity contribution is 0.0943. The molecule has 5 nitrogen and oxygen atoms in total. The van der Waals surface area contributed by atoms with E-state index in [1.54, 1.807) is 31.4 Å². The zero-order valence-corrected chi connectivity index (χ0v) is 17.3. The standard InChI is InChI=1S/C22H28ClN3O2/c1-17(15-24-22(27)18-7-9-19(23)10-8-18)16-25-11-13-26(14-12-25)20-5-3-4-6-21(20)28-2/h3-10,17H,11-16H2,1-2H3,(H,24,27). The molecular weight excluding hydrogens is 374 g/mol. The molecule has 6 heteroatoms. The third-order valence-corrected chi connectivity index (χ3v) is 5.34. The van der Waals surface area contributed by atoms with Crippen molar-refractivity contribution in [1.82, 2.24) is 10.2 Å². The topological polar surface area (TPSA) is 44.8 Å². The van der Waals surface area contributed by atoms with Crippen molar-refractivity contribution < 1.29 is 9.53 Å². The monoisotopic (exact) mass is 401 g/mol. The summed E-state index contributed by atoms with van der Waals surface area (Å²) in [4.78, 5) is 17.1. The molecule has 1 saturated heterocycles. The van der Waals surface area contributed by atoms with Crippen LogP contribution in [0.4, 0.5) is 5.69 Å². The molecule has 0 aromatic heterocycles. The van der Waals surface area contributed by atoms with Crippen LogP contribution in [0.3, 0.4) is 0 Å². The molecule has 0 bridgehead atoms. The lowest BCUT2D eigenvalue weighted by Crippen LogP contribution is -2.48. The lowest BCUT2D eigenvalue weighted by atomic mass is 10.1. The Hall–Kier alpha value is -2.24. The van der Waals surface area contributed by atoms with E-state index in [0.29, 0.717) is 23.0 Å². The van der Waals surface area contributed by atoms with Crippen molar-refractivity contribution >= 4 is 23.2 Å². The highest BCUT2D eigenvalue weighted by Gasteiger charge is 2.21. The number of rotatable bonds is 7. The van der Waals surface area contributed by atoms with Gasteiger partial charge in [-0.25, -0.2) is 0 Å². The Labute approximate surface area is 172 Å². The fourth-order valence-electron chi connectivity index (χ4n) is 3.54. The van der Waals surface area contributed by atoms with Crippen LogP contribution in [0.15, 0.2) is 48.5 Å². The first-order valence-corrected chi connectivity index (χ1v) is 10.1. The minimum Gasteiger partial charge on any atom is -0.495 e. The summed E-state index contributed by atoms with van der Waals surface area (Å²) >= 11 is 5.87. The first-order valence-electron chi connectivity index (χ1n) is 9.71. The van der Waals surface area contributed by atoms with Crippen LogP contribution in [-0.4, -0.2) is 57.2 Å². The van der Waals surface area contributed by atoms with E-state index in [1.807, 2.05) is 12.1 Å². The summed E-state index contributed by atoms with van der Waals surface area (Å²) in [5.41, 5.74) is 1.80. The Balaban J connectivity index is 1.43. The highest BCUT2D eigenvalue weighted by molar-refractivity contribution is 6.30. The molecule has 1 atom stereocenters. The van der Waals surface area contributed by atoms with E-state index in [-0.39, 0.29) is 5.91 Å². The average Bonchev–Trinajstić information content (AvgIpc) is 2.73. The summed E-state index contributed by atoms with van der Waals surface area (Å²) in [5, 5.41) is 3.66. The maximum absolute atomic E-state index is 12.2. The van der Waals surface area contributed by atoms with E-state index in [9.17, 15) is 4.79 Å². The van der Waals surface area contributed by atoms with Gasteiger partial charge in [0.2, 0.25) is 0 Å². The number of amides is 1. The number of nitrogens with one attached hydrogen (secondary N) is 1. The van der Waals surface area contributed by atoms with Gasteiger partial charge in [0, 0.05) is 49.9 Å². The van der Waals surface area contributed by atoms with Gasteiger partial charge in [-0.1, -0.05) is 30.7 Å². The maximum Gasteiger partial charge on any atom is 0.251 e. The van der Waals surface area contributed by atoms with Crippen LogP contribution in [0.2, 0.25) is 5.02 Å². The number of para-hydroxylation sites is 2. The van der Waals surface area contributed by atoms with E-state index in [4.69, 9.17) is 16.3 Å². The molecule has 0 spiro atoms. The van der Waals surface area contributed by atoms with Crippen LogP contribution in [-0.2, 0) is 0 Å². The van der Waals surface area contributed by atoms with Gasteiger partial charge in [-0.15, -0.1) is 0 Å². The smallest absolute Gasteiger partial charge is 0.251 e. The van der Waals surface area contributed by atoms with Gasteiger partial charge < -0.3 is 15.0 Å². The summed E-state index contributed by atoms with van der Waals surface area (Å²) in [6.07, 6.45) is 0. The van der Waals surface area contributed by atoms with Gasteiger partial charge in [0.25, 0.3) is 5.91 Å². The molecule has 0 aliphatic carbocycles. The number of anilines is 1. The fourth-order valence-corrected chi connectivity index (χ4v) is 3.66. The van der Waals surface area contributed by atoms with Gasteiger partial charge in [-0.2, -0.15) is 0 Å². The summed E-state index contributed by atoms with van der Waals surface area (Å²) < 4.78 is 5.48. The van der Waals surface area contributed by atoms with Crippen molar-refractivity contribution in [2.45, 2.75) is 6.92 Å². The molecule has 3 rings (SSSR count). The number of halogens is 1. The number of carbonyl (C=O) groups excluding carboxylic acids is 1. The van der Waals surface area contributed by atoms with E-state index in [2.05, 4.69) is 34.2 Å². The Morgan fingerprint density at radius 2 is 1.79 bits per heavy atom. The van der Waals surface area contributed by atoms with E-state index in [0.717, 1.165) is 44.2 Å². The number of ether oxygens (including phenoxy) is 1. The number of nitrogens with zero attached hydrogens (tertiary/aromatic N) is 2. The van der Waals surface area contributed by atoms with Gasteiger partial charge in [0.15, 0.2) is 0 Å². The predicted octanol–water partition coefficient (Wildman–Crippen LogP) is 3.54. The number of hydrogen-bond donors (Lipinski definition) is 1. The summed E-state index contributed by atoms with van der Waals surface area (Å²) in [6.45, 7) is 7.78. The van der Waals surface area contributed by atoms with Gasteiger partial charge in [-0.05, 0) is 42.3 Å². The zero-order valence-electron chi connectivity index (χ0n) is 16.5. The van der Waals surface area contributed by atoms with Crippen LogP contribution >= 0.6 is 11.6 Å². The van der Waals surface area contributed by atoms with E-state index >= 15 is 0 Å². The predicted molar refractivity (Wildman–Crippen MR) is 115 cm³/mol. The molecule has 1 aliphatic rings. The lowest BCUT2D eigenvalue weighted by Gasteiger charge is -2.37. The van der Waals surface area contributed by atoms with Crippen molar-refractivity contribution in [1.29, 1.82) is 0 Å². The summed E-state index contributed by atoms with van der Waals surface area (Å²) in [5.74, 6) is 1.26. The fraction of sp³-hybridized carbons (Fsp3) is 0.409. The molecule has 0 radical (unpaired) electrons. The summed E-state index contributed by atoms with van der Waals surface area (Å²) in [7, 11) is 1.72. The molecule has 150 valence electrons. The maximum atomic E-state index is 12.2. The molecule has 1 unspecified atom stereocenters. The Kier molecular flexibility index (Phi) is 7.18. The second kappa shape index (κ2) is 9.80. The average molecular weight is 402 g/mol. The molecule has 1 N–H and O–H groups in total. The SMILES string of the molecule is COc1ccccc1N1CCN(CC(C)CNC(=O)c2ccc(Cl)cc2)CC1. The second-order valence-electron chi connectivity index (χ2n) is 7.28. The van der Waals surface area contributed by atoms with Crippen molar-refractivity contribution in [3.8, 4) is 5.75 Å². The first-order chi connectivity index (χ1) is 13.6. The van der Waals surface area contributed by atoms with Crippen molar-refractivity contribution in [3.63, 3.8) is 0 Å². The number of piperazine rings is 1. The Bertz CT molecular complexity index is 774. The molecular formula is C22H28ClN3O2. The second-order valence-corrected chi connectivity index (χ2v) is 7.72.